The van der Waals surface area contributed by atoms with Crippen LogP contribution >= 0.6 is 46.4 Å². The highest BCUT2D eigenvalue weighted by Gasteiger charge is 2.54. The highest BCUT2D eigenvalue weighted by molar-refractivity contribution is 8.01. The number of oxime groups is 1. The molecule has 2 aliphatic heterocycles. The lowest BCUT2D eigenvalue weighted by molar-refractivity contribution is -0.150. The third kappa shape index (κ3) is 7.86. The highest BCUT2D eigenvalue weighted by Crippen LogP contribution is 2.41. The van der Waals surface area contributed by atoms with Crippen LogP contribution in [0.5, 0.6) is 0 Å². The molecular formula is C22H27N9O7S4. The predicted octanol–water partition coefficient (Wildman–Crippen LogP) is 1.14. The van der Waals surface area contributed by atoms with Gasteiger partial charge in [0.2, 0.25) is 11.5 Å². The molecule has 2 aromatic heterocycles. The summed E-state index contributed by atoms with van der Waals surface area (Å²) in [5, 5.41) is 26.1. The Bertz CT molecular complexity index is 1390. The molecule has 0 bridgehead atoms. The molecule has 0 saturated carbocycles. The molecule has 0 radical (unpaired) electrons. The first kappa shape index (κ1) is 31.4. The van der Waals surface area contributed by atoms with Gasteiger partial charge < -0.3 is 31.0 Å². The number of hydrogen-bond donors (Lipinski definition) is 4. The largest absolute Gasteiger partial charge is 0.477 e. The van der Waals surface area contributed by atoms with Gasteiger partial charge in [-0.3, -0.25) is 14.5 Å². The number of thioether (sulfide) groups is 2. The topological polar surface area (TPSA) is 224 Å². The third-order valence-electron chi connectivity index (χ3n) is 5.35. The highest BCUT2D eigenvalue weighted by atomic mass is 32.2. The normalized spacial score (nSPS) is 18.7. The summed E-state index contributed by atoms with van der Waals surface area (Å²) in [5.74, 6) is -2.02. The van der Waals surface area contributed by atoms with E-state index < -0.39 is 40.9 Å². The molecule has 4 heterocycles. The van der Waals surface area contributed by atoms with Gasteiger partial charge in [0.1, 0.15) is 34.8 Å². The number of nitrogens with two attached hydrogens (primary N) is 1. The second kappa shape index (κ2) is 13.7. The summed E-state index contributed by atoms with van der Waals surface area (Å²) in [7, 11) is 0. The number of anilines is 1. The standard InChI is InChI=1S/C22H27N9O7S4/c1-22(2,3)38-20(36)24-5-4-6-37-29-11(14-27-19(23)42-30-14)15(32)26-12-16(33)31-13(18(34)35)10(7-39-17(12)31)8-40-21-28-25-9-41-21/h9,12,17H,4-8H2,1-3H3,(H,24,36)(H,26,32)(H,34,35)(H2,23,27,30)/b29-11+/t12?,17-/m1/s1. The number of nitrogens with one attached hydrogen (secondary N) is 2. The maximum atomic E-state index is 13.2. The van der Waals surface area contributed by atoms with E-state index in [1.54, 1.807) is 26.3 Å². The molecule has 3 amide bonds. The number of ether oxygens (including phenoxy) is 1. The van der Waals surface area contributed by atoms with E-state index in [1.807, 2.05) is 0 Å². The van der Waals surface area contributed by atoms with E-state index in [4.69, 9.17) is 15.3 Å². The first-order valence-electron chi connectivity index (χ1n) is 12.3. The molecule has 16 nitrogen and oxygen atoms in total. The summed E-state index contributed by atoms with van der Waals surface area (Å²) in [6.45, 7) is 5.52. The summed E-state index contributed by atoms with van der Waals surface area (Å²) >= 11 is 4.85. The molecule has 226 valence electrons. The van der Waals surface area contributed by atoms with E-state index in [2.05, 4.69) is 35.3 Å². The van der Waals surface area contributed by atoms with Crippen LogP contribution in [-0.4, -0.2) is 101 Å². The monoisotopic (exact) mass is 657 g/mol. The van der Waals surface area contributed by atoms with Crippen molar-refractivity contribution in [2.24, 2.45) is 5.16 Å². The Morgan fingerprint density at radius 3 is 2.76 bits per heavy atom. The lowest BCUT2D eigenvalue weighted by atomic mass is 10.0. The first-order valence-corrected chi connectivity index (χ1v) is 16.0. The van der Waals surface area contributed by atoms with Gasteiger partial charge in [0.05, 0.1) is 0 Å². The molecule has 1 saturated heterocycles. The minimum absolute atomic E-state index is 0.0332. The summed E-state index contributed by atoms with van der Waals surface area (Å²) < 4.78 is 9.85. The van der Waals surface area contributed by atoms with Gasteiger partial charge in [0.25, 0.3) is 11.8 Å². The maximum absolute atomic E-state index is 13.2. The van der Waals surface area contributed by atoms with E-state index in [-0.39, 0.29) is 35.5 Å². The quantitative estimate of drug-likeness (QED) is 0.0826. The second-order valence-electron chi connectivity index (χ2n) is 9.62. The zero-order valence-electron chi connectivity index (χ0n) is 22.6. The number of aromatic nitrogens is 4. The van der Waals surface area contributed by atoms with E-state index in [9.17, 15) is 24.3 Å². The summed E-state index contributed by atoms with van der Waals surface area (Å²) in [5.41, 5.74) is 6.79. The van der Waals surface area contributed by atoms with Gasteiger partial charge in [-0.25, -0.2) is 9.59 Å². The van der Waals surface area contributed by atoms with Crippen molar-refractivity contribution >= 4 is 81.1 Å². The van der Waals surface area contributed by atoms with Gasteiger partial charge in [0, 0.05) is 36.0 Å². The zero-order chi connectivity index (χ0) is 30.4. The lowest BCUT2D eigenvalue weighted by Gasteiger charge is -2.49. The number of rotatable bonds is 12. The number of nitrogen functional groups attached to an aromatic ring is 1. The number of amides is 3. The van der Waals surface area contributed by atoms with Crippen LogP contribution in [0.15, 0.2) is 26.3 Å². The minimum atomic E-state index is -1.23. The molecule has 4 rings (SSSR count). The average molecular weight is 658 g/mol. The molecule has 0 aromatic carbocycles. The maximum Gasteiger partial charge on any atom is 0.407 e. The molecule has 0 aliphatic carbocycles. The number of hydrogen-bond acceptors (Lipinski definition) is 16. The number of β-lactam (4-membered cyclic amide) rings is 1. The third-order valence-corrected chi connectivity index (χ3v) is 9.18. The van der Waals surface area contributed by atoms with Gasteiger partial charge in [-0.1, -0.05) is 28.3 Å². The molecule has 0 spiro atoms. The van der Waals surface area contributed by atoms with Gasteiger partial charge in [-0.05, 0) is 26.3 Å². The SMILES string of the molecule is CC(C)(C)OC(=O)NCCCO/N=C(/C(=O)NC1C(=O)N2C(C(=O)O)=C(CSc3nncs3)CS[C@H]12)c1nsc(N)n1. The van der Waals surface area contributed by atoms with Crippen LogP contribution in [0.25, 0.3) is 0 Å². The second-order valence-corrected chi connectivity index (χ2v) is 13.6. The van der Waals surface area contributed by atoms with Crippen LogP contribution in [0.2, 0.25) is 0 Å². The van der Waals surface area contributed by atoms with Crippen molar-refractivity contribution in [3.63, 3.8) is 0 Å². The van der Waals surface area contributed by atoms with E-state index >= 15 is 0 Å². The van der Waals surface area contributed by atoms with Crippen molar-refractivity contribution in [2.75, 3.05) is 30.4 Å². The van der Waals surface area contributed by atoms with Crippen LogP contribution in [0.4, 0.5) is 9.93 Å². The molecule has 2 atom stereocenters. The van der Waals surface area contributed by atoms with Gasteiger partial charge in [-0.15, -0.1) is 22.0 Å². The number of carbonyl (C=O) groups excluding carboxylic acids is 3. The molecule has 1 fully saturated rings. The number of carboxylic acids is 1. The van der Waals surface area contributed by atoms with E-state index in [0.717, 1.165) is 11.5 Å². The molecule has 2 aliphatic rings. The van der Waals surface area contributed by atoms with Crippen molar-refractivity contribution in [3.05, 3.63) is 22.6 Å². The fourth-order valence-corrected chi connectivity index (χ4v) is 7.05. The zero-order valence-corrected chi connectivity index (χ0v) is 25.8. The lowest BCUT2D eigenvalue weighted by Crippen LogP contribution is -2.71. The number of nitrogens with zero attached hydrogens (tertiary/aromatic N) is 6. The van der Waals surface area contributed by atoms with Gasteiger partial charge in [0.15, 0.2) is 9.47 Å². The Balaban J connectivity index is 1.37. The fourth-order valence-electron chi connectivity index (χ4n) is 3.65. The fraction of sp³-hybridized carbons (Fsp3) is 0.500. The van der Waals surface area contributed by atoms with Crippen molar-refractivity contribution in [3.8, 4) is 0 Å². The Morgan fingerprint density at radius 1 is 1.33 bits per heavy atom. The summed E-state index contributed by atoms with van der Waals surface area (Å²) in [6, 6.07) is -1.01. The van der Waals surface area contributed by atoms with Crippen LogP contribution in [0.1, 0.15) is 33.0 Å². The minimum Gasteiger partial charge on any atom is -0.477 e. The number of carbonyl (C=O) groups is 4. The molecule has 42 heavy (non-hydrogen) atoms. The Morgan fingerprint density at radius 2 is 2.12 bits per heavy atom. The average Bonchev–Trinajstić information content (AvgIpc) is 3.60. The number of fused-ring (bicyclic) bond motifs is 1. The Hall–Kier alpha value is -3.49. The predicted molar refractivity (Wildman–Crippen MR) is 156 cm³/mol. The molecule has 2 aromatic rings. The van der Waals surface area contributed by atoms with Gasteiger partial charge in [-0.2, -0.15) is 9.36 Å². The van der Waals surface area contributed by atoms with E-state index in [1.165, 1.54) is 39.8 Å². The van der Waals surface area contributed by atoms with Crippen LogP contribution in [0, 0.1) is 0 Å². The first-order chi connectivity index (χ1) is 19.9. The molecule has 20 heteroatoms. The molecular weight excluding hydrogens is 631 g/mol. The van der Waals surface area contributed by atoms with Crippen molar-refractivity contribution in [2.45, 2.75) is 48.5 Å². The number of aliphatic carboxylic acids is 1. The van der Waals surface area contributed by atoms with Crippen molar-refractivity contribution < 1.29 is 33.9 Å². The number of carboxylic acid groups (broad SMARTS) is 1. The van der Waals surface area contributed by atoms with Crippen LogP contribution in [0.3, 0.4) is 0 Å². The van der Waals surface area contributed by atoms with Gasteiger partial charge >= 0.3 is 12.1 Å². The Kier molecular flexibility index (Phi) is 10.2. The smallest absolute Gasteiger partial charge is 0.407 e. The summed E-state index contributed by atoms with van der Waals surface area (Å²) in [4.78, 5) is 60.6. The van der Waals surface area contributed by atoms with Crippen LogP contribution < -0.4 is 16.4 Å². The summed E-state index contributed by atoms with van der Waals surface area (Å²) in [6.07, 6.45) is -0.222. The van der Waals surface area contributed by atoms with E-state index in [0.29, 0.717) is 27.8 Å². The molecule has 1 unspecified atom stereocenters. The number of alkyl carbamates (subject to hydrolysis) is 1. The molecule has 5 N–H and O–H groups in total. The Labute approximate surface area is 256 Å². The van der Waals surface area contributed by atoms with Crippen LogP contribution in [-0.2, 0) is 24.0 Å². The van der Waals surface area contributed by atoms with Crippen molar-refractivity contribution in [1.82, 2.24) is 35.1 Å². The van der Waals surface area contributed by atoms with Crippen molar-refractivity contribution in [1.29, 1.82) is 0 Å².